The number of nitrogens with zero attached hydrogens (tertiary/aromatic N) is 3. The van der Waals surface area contributed by atoms with Crippen molar-refractivity contribution < 1.29 is 9.90 Å². The third-order valence-electron chi connectivity index (χ3n) is 2.87. The number of nitrogens with two attached hydrogens (primary N) is 1. The highest BCUT2D eigenvalue weighted by atomic mass is 16.4. The van der Waals surface area contributed by atoms with Crippen LogP contribution in [0.15, 0.2) is 18.5 Å². The number of anilines is 2. The average molecular weight is 261 g/mol. The number of hydrogen-bond donors (Lipinski definition) is 3. The van der Waals surface area contributed by atoms with Crippen molar-refractivity contribution in [1.82, 2.24) is 14.8 Å². The molecule has 0 bridgehead atoms. The lowest BCUT2D eigenvalue weighted by Gasteiger charge is -2.11. The Bertz CT molecular complexity index is 621. The SMILES string of the molecule is Cc1cc(NCc2nncn2C)cc(C(=O)O)c1N. The number of rotatable bonds is 4. The van der Waals surface area contributed by atoms with Crippen LogP contribution in [0.3, 0.4) is 0 Å². The first kappa shape index (κ1) is 12.9. The largest absolute Gasteiger partial charge is 0.478 e. The summed E-state index contributed by atoms with van der Waals surface area (Å²) in [5, 5.41) is 19.9. The molecule has 0 amide bonds. The summed E-state index contributed by atoms with van der Waals surface area (Å²) in [6.07, 6.45) is 1.61. The van der Waals surface area contributed by atoms with Gasteiger partial charge in [-0.2, -0.15) is 0 Å². The van der Waals surface area contributed by atoms with Crippen molar-refractivity contribution in [3.8, 4) is 0 Å². The molecule has 0 saturated heterocycles. The van der Waals surface area contributed by atoms with Gasteiger partial charge in [-0.25, -0.2) is 4.79 Å². The van der Waals surface area contributed by atoms with Gasteiger partial charge in [0.15, 0.2) is 5.82 Å². The first-order chi connectivity index (χ1) is 8.99. The highest BCUT2D eigenvalue weighted by Crippen LogP contribution is 2.23. The molecule has 19 heavy (non-hydrogen) atoms. The third-order valence-corrected chi connectivity index (χ3v) is 2.87. The molecule has 7 nitrogen and oxygen atoms in total. The molecule has 1 aromatic heterocycles. The average Bonchev–Trinajstić information content (AvgIpc) is 2.76. The Hall–Kier alpha value is -2.57. The molecule has 0 aliphatic rings. The van der Waals surface area contributed by atoms with E-state index >= 15 is 0 Å². The first-order valence-electron chi connectivity index (χ1n) is 5.69. The third kappa shape index (κ3) is 2.65. The number of aromatic carboxylic acids is 1. The van der Waals surface area contributed by atoms with Crippen molar-refractivity contribution in [3.63, 3.8) is 0 Å². The number of nitrogen functional groups attached to an aromatic ring is 1. The number of carboxylic acid groups (broad SMARTS) is 1. The van der Waals surface area contributed by atoms with Gasteiger partial charge in [0.25, 0.3) is 0 Å². The van der Waals surface area contributed by atoms with Crippen LogP contribution in [-0.4, -0.2) is 25.8 Å². The highest BCUT2D eigenvalue weighted by molar-refractivity contribution is 5.95. The van der Waals surface area contributed by atoms with Gasteiger partial charge in [0, 0.05) is 18.4 Å². The van der Waals surface area contributed by atoms with Gasteiger partial charge >= 0.3 is 5.97 Å². The number of carbonyl (C=O) groups is 1. The Labute approximate surface area is 110 Å². The summed E-state index contributed by atoms with van der Waals surface area (Å²) in [5.74, 6) is -0.283. The predicted molar refractivity (Wildman–Crippen MR) is 70.9 cm³/mol. The second kappa shape index (κ2) is 4.97. The van der Waals surface area contributed by atoms with Crippen molar-refractivity contribution in [3.05, 3.63) is 35.4 Å². The lowest BCUT2D eigenvalue weighted by molar-refractivity contribution is 0.0698. The molecule has 4 N–H and O–H groups in total. The monoisotopic (exact) mass is 261 g/mol. The van der Waals surface area contributed by atoms with Gasteiger partial charge in [0.2, 0.25) is 0 Å². The first-order valence-corrected chi connectivity index (χ1v) is 5.69. The molecular formula is C12H15N5O2. The van der Waals surface area contributed by atoms with Crippen LogP contribution in [0.25, 0.3) is 0 Å². The second-order valence-electron chi connectivity index (χ2n) is 4.27. The Morgan fingerprint density at radius 1 is 1.53 bits per heavy atom. The van der Waals surface area contributed by atoms with E-state index in [1.165, 1.54) is 6.07 Å². The molecule has 2 rings (SSSR count). The number of hydrogen-bond acceptors (Lipinski definition) is 5. The van der Waals surface area contributed by atoms with E-state index in [0.717, 1.165) is 11.4 Å². The number of carboxylic acids is 1. The standard InChI is InChI=1S/C12H15N5O2/c1-7-3-8(4-9(11(7)13)12(18)19)14-5-10-16-15-6-17(10)2/h3-4,6,14H,5,13H2,1-2H3,(H,18,19). The molecule has 0 aliphatic heterocycles. The van der Waals surface area contributed by atoms with Gasteiger partial charge in [-0.15, -0.1) is 10.2 Å². The maximum atomic E-state index is 11.1. The molecule has 0 spiro atoms. The maximum absolute atomic E-state index is 11.1. The summed E-state index contributed by atoms with van der Waals surface area (Å²) in [6.45, 7) is 2.23. The summed E-state index contributed by atoms with van der Waals surface area (Å²) >= 11 is 0. The van der Waals surface area contributed by atoms with Gasteiger partial charge in [-0.05, 0) is 24.6 Å². The van der Waals surface area contributed by atoms with E-state index in [4.69, 9.17) is 10.8 Å². The highest BCUT2D eigenvalue weighted by Gasteiger charge is 2.12. The molecule has 100 valence electrons. The van der Waals surface area contributed by atoms with E-state index in [1.54, 1.807) is 23.9 Å². The lowest BCUT2D eigenvalue weighted by Crippen LogP contribution is -2.09. The van der Waals surface area contributed by atoms with E-state index < -0.39 is 5.97 Å². The number of nitrogens with one attached hydrogen (secondary N) is 1. The van der Waals surface area contributed by atoms with Crippen molar-refractivity contribution in [2.75, 3.05) is 11.1 Å². The van der Waals surface area contributed by atoms with Crippen LogP contribution in [0.4, 0.5) is 11.4 Å². The van der Waals surface area contributed by atoms with Crippen molar-refractivity contribution >= 4 is 17.3 Å². The molecule has 2 aromatic rings. The summed E-state index contributed by atoms with van der Waals surface area (Å²) in [6, 6.07) is 3.32. The molecule has 0 unspecified atom stereocenters. The van der Waals surface area contributed by atoms with Gasteiger partial charge in [0.1, 0.15) is 6.33 Å². The number of aryl methyl sites for hydroxylation is 2. The normalized spacial score (nSPS) is 10.4. The van der Waals surface area contributed by atoms with Crippen LogP contribution in [0.1, 0.15) is 21.7 Å². The zero-order valence-electron chi connectivity index (χ0n) is 10.7. The fourth-order valence-electron chi connectivity index (χ4n) is 1.73. The minimum absolute atomic E-state index is 0.0977. The minimum atomic E-state index is -1.04. The van der Waals surface area contributed by atoms with E-state index in [1.807, 2.05) is 7.05 Å². The predicted octanol–water partition coefficient (Wildman–Crippen LogP) is 1.02. The molecule has 0 radical (unpaired) electrons. The van der Waals surface area contributed by atoms with Crippen LogP contribution < -0.4 is 11.1 Å². The van der Waals surface area contributed by atoms with Crippen LogP contribution in [0, 0.1) is 6.92 Å². The van der Waals surface area contributed by atoms with E-state index in [2.05, 4.69) is 15.5 Å². The zero-order chi connectivity index (χ0) is 14.0. The molecule has 0 fully saturated rings. The molecule has 1 heterocycles. The van der Waals surface area contributed by atoms with Crippen molar-refractivity contribution in [2.24, 2.45) is 7.05 Å². The molecular weight excluding hydrogens is 246 g/mol. The van der Waals surface area contributed by atoms with E-state index in [-0.39, 0.29) is 11.3 Å². The smallest absolute Gasteiger partial charge is 0.337 e. The Morgan fingerprint density at radius 3 is 2.84 bits per heavy atom. The summed E-state index contributed by atoms with van der Waals surface area (Å²) in [4.78, 5) is 11.1. The lowest BCUT2D eigenvalue weighted by atomic mass is 10.1. The Morgan fingerprint density at radius 2 is 2.26 bits per heavy atom. The van der Waals surface area contributed by atoms with E-state index in [0.29, 0.717) is 12.2 Å². The van der Waals surface area contributed by atoms with Crippen LogP contribution in [-0.2, 0) is 13.6 Å². The van der Waals surface area contributed by atoms with Crippen LogP contribution in [0.2, 0.25) is 0 Å². The molecule has 0 aliphatic carbocycles. The fraction of sp³-hybridized carbons (Fsp3) is 0.250. The molecule has 0 saturated carbocycles. The fourth-order valence-corrected chi connectivity index (χ4v) is 1.73. The maximum Gasteiger partial charge on any atom is 0.337 e. The van der Waals surface area contributed by atoms with E-state index in [9.17, 15) is 4.79 Å². The minimum Gasteiger partial charge on any atom is -0.478 e. The number of benzene rings is 1. The second-order valence-corrected chi connectivity index (χ2v) is 4.27. The zero-order valence-corrected chi connectivity index (χ0v) is 10.7. The quantitative estimate of drug-likeness (QED) is 0.709. The molecule has 0 atom stereocenters. The Balaban J connectivity index is 2.22. The van der Waals surface area contributed by atoms with Crippen molar-refractivity contribution in [2.45, 2.75) is 13.5 Å². The Kier molecular flexibility index (Phi) is 3.37. The van der Waals surface area contributed by atoms with Gasteiger partial charge < -0.3 is 20.7 Å². The van der Waals surface area contributed by atoms with Gasteiger partial charge in [-0.1, -0.05) is 0 Å². The van der Waals surface area contributed by atoms with Gasteiger partial charge in [-0.3, -0.25) is 0 Å². The van der Waals surface area contributed by atoms with Crippen LogP contribution >= 0.6 is 0 Å². The molecule has 7 heteroatoms. The summed E-state index contributed by atoms with van der Waals surface area (Å²) in [7, 11) is 1.84. The van der Waals surface area contributed by atoms with Gasteiger partial charge in [0.05, 0.1) is 12.1 Å². The topological polar surface area (TPSA) is 106 Å². The molecule has 1 aromatic carbocycles. The summed E-state index contributed by atoms with van der Waals surface area (Å²) < 4.78 is 1.79. The summed E-state index contributed by atoms with van der Waals surface area (Å²) in [5.41, 5.74) is 7.53. The van der Waals surface area contributed by atoms with Crippen LogP contribution in [0.5, 0.6) is 0 Å². The van der Waals surface area contributed by atoms with Crippen molar-refractivity contribution in [1.29, 1.82) is 0 Å². The number of aromatic nitrogens is 3.